The van der Waals surface area contributed by atoms with Crippen molar-refractivity contribution in [1.82, 2.24) is 14.8 Å². The van der Waals surface area contributed by atoms with Gasteiger partial charge >= 0.3 is 0 Å². The maximum absolute atomic E-state index is 12.9. The van der Waals surface area contributed by atoms with Crippen LogP contribution in [0.4, 0.5) is 0 Å². The van der Waals surface area contributed by atoms with E-state index in [1.807, 2.05) is 12.1 Å². The zero-order valence-corrected chi connectivity index (χ0v) is 16.1. The van der Waals surface area contributed by atoms with E-state index < -0.39 is 9.84 Å². The second-order valence-electron chi connectivity index (χ2n) is 7.35. The Morgan fingerprint density at radius 1 is 1.11 bits per heavy atom. The topological polar surface area (TPSA) is 70.6 Å². The third-order valence-electron chi connectivity index (χ3n) is 5.60. The minimum Gasteiger partial charge on any atom is -0.332 e. The molecule has 1 aromatic carbocycles. The molecule has 0 unspecified atom stereocenters. The smallest absolute Gasteiger partial charge is 0.255 e. The molecule has 0 aliphatic carbocycles. The normalized spacial score (nSPS) is 24.6. The minimum absolute atomic E-state index is 0.0357. The van der Waals surface area contributed by atoms with Gasteiger partial charge in [-0.2, -0.15) is 0 Å². The Labute approximate surface area is 159 Å². The fraction of sp³-hybridized carbons (Fsp3) is 0.400. The van der Waals surface area contributed by atoms with E-state index in [0.29, 0.717) is 25.2 Å². The predicted molar refractivity (Wildman–Crippen MR) is 103 cm³/mol. The summed E-state index contributed by atoms with van der Waals surface area (Å²) in [5.41, 5.74) is 2.91. The molecule has 142 valence electrons. The highest BCUT2D eigenvalue weighted by Crippen LogP contribution is 2.29. The molecule has 0 bridgehead atoms. The molecule has 0 saturated carbocycles. The summed E-state index contributed by atoms with van der Waals surface area (Å²) in [5.74, 6) is 0.0136. The van der Waals surface area contributed by atoms with Crippen LogP contribution < -0.4 is 0 Å². The van der Waals surface area contributed by atoms with Gasteiger partial charge < -0.3 is 4.90 Å². The molecule has 2 aliphatic heterocycles. The number of carbonyl (C=O) groups is 1. The van der Waals surface area contributed by atoms with Crippen molar-refractivity contribution in [3.63, 3.8) is 0 Å². The first kappa shape index (κ1) is 18.1. The molecule has 1 aromatic heterocycles. The zero-order valence-electron chi connectivity index (χ0n) is 15.3. The van der Waals surface area contributed by atoms with Crippen LogP contribution in [-0.2, 0) is 16.4 Å². The molecular weight excluding hydrogens is 362 g/mol. The average molecular weight is 385 g/mol. The molecule has 3 heterocycles. The number of amides is 1. The van der Waals surface area contributed by atoms with Crippen LogP contribution in [0, 0.1) is 6.92 Å². The molecular formula is C20H23N3O3S. The van der Waals surface area contributed by atoms with Crippen molar-refractivity contribution in [1.29, 1.82) is 0 Å². The van der Waals surface area contributed by atoms with Crippen molar-refractivity contribution in [2.75, 3.05) is 24.6 Å². The number of piperazine rings is 1. The largest absolute Gasteiger partial charge is 0.332 e. The van der Waals surface area contributed by atoms with Crippen molar-refractivity contribution < 1.29 is 13.2 Å². The average Bonchev–Trinajstić information content (AvgIpc) is 2.99. The van der Waals surface area contributed by atoms with Gasteiger partial charge in [0.1, 0.15) is 0 Å². The molecule has 6 nitrogen and oxygen atoms in total. The van der Waals surface area contributed by atoms with E-state index in [-0.39, 0.29) is 29.5 Å². The first-order valence-electron chi connectivity index (χ1n) is 9.14. The summed E-state index contributed by atoms with van der Waals surface area (Å²) in [4.78, 5) is 20.9. The first-order valence-corrected chi connectivity index (χ1v) is 11.0. The molecule has 2 aromatic rings. The second-order valence-corrected chi connectivity index (χ2v) is 9.50. The van der Waals surface area contributed by atoms with E-state index >= 15 is 0 Å². The molecule has 2 saturated heterocycles. The fourth-order valence-corrected chi connectivity index (χ4v) is 6.15. The van der Waals surface area contributed by atoms with Crippen LogP contribution >= 0.6 is 0 Å². The Morgan fingerprint density at radius 2 is 1.89 bits per heavy atom. The lowest BCUT2D eigenvalue weighted by Crippen LogP contribution is -2.60. The molecule has 27 heavy (non-hydrogen) atoms. The number of hydrogen-bond donors (Lipinski definition) is 0. The van der Waals surface area contributed by atoms with E-state index in [4.69, 9.17) is 0 Å². The van der Waals surface area contributed by atoms with Crippen molar-refractivity contribution in [3.05, 3.63) is 65.5 Å². The molecule has 2 aliphatic rings. The standard InChI is InChI=1S/C20H23N3O3S/c1-15-5-2-3-6-17(15)12-22-9-10-23(19-14-27(25,26)13-18(19)22)20(24)16-7-4-8-21-11-16/h2-8,11,18-19H,9-10,12-14H2,1H3/t18-,19+/m0/s1. The lowest BCUT2D eigenvalue weighted by molar-refractivity contribution is 0.0305. The van der Waals surface area contributed by atoms with Gasteiger partial charge in [0.15, 0.2) is 9.84 Å². The maximum Gasteiger partial charge on any atom is 0.255 e. The fourth-order valence-electron chi connectivity index (χ4n) is 4.13. The summed E-state index contributed by atoms with van der Waals surface area (Å²) in [6, 6.07) is 11.2. The SMILES string of the molecule is Cc1ccccc1CN1CCN(C(=O)c2cccnc2)[C@@H]2CS(=O)(=O)C[C@@H]21. The predicted octanol–water partition coefficient (Wildman–Crippen LogP) is 1.51. The maximum atomic E-state index is 12.9. The summed E-state index contributed by atoms with van der Waals surface area (Å²) in [7, 11) is -3.16. The number of benzene rings is 1. The number of hydrogen-bond acceptors (Lipinski definition) is 5. The van der Waals surface area contributed by atoms with Crippen LogP contribution in [0.15, 0.2) is 48.8 Å². The molecule has 0 N–H and O–H groups in total. The van der Waals surface area contributed by atoms with Gasteiger partial charge in [-0.1, -0.05) is 24.3 Å². The van der Waals surface area contributed by atoms with Crippen LogP contribution in [0.5, 0.6) is 0 Å². The molecule has 0 radical (unpaired) electrons. The Bertz CT molecular complexity index is 946. The third kappa shape index (κ3) is 3.61. The van der Waals surface area contributed by atoms with Gasteiger partial charge in [-0.25, -0.2) is 8.42 Å². The lowest BCUT2D eigenvalue weighted by Gasteiger charge is -2.44. The number of sulfone groups is 1. The van der Waals surface area contributed by atoms with E-state index in [2.05, 4.69) is 28.9 Å². The zero-order chi connectivity index (χ0) is 19.0. The van der Waals surface area contributed by atoms with E-state index in [0.717, 1.165) is 0 Å². The first-order chi connectivity index (χ1) is 12.9. The van der Waals surface area contributed by atoms with Gasteiger partial charge in [0, 0.05) is 38.1 Å². The van der Waals surface area contributed by atoms with Gasteiger partial charge in [0.05, 0.1) is 23.1 Å². The summed E-state index contributed by atoms with van der Waals surface area (Å²) in [6.45, 7) is 3.96. The lowest BCUT2D eigenvalue weighted by atomic mass is 10.0. The quantitative estimate of drug-likeness (QED) is 0.801. The Morgan fingerprint density at radius 3 is 2.63 bits per heavy atom. The number of nitrogens with zero attached hydrogens (tertiary/aromatic N) is 3. The molecule has 1 amide bonds. The van der Waals surface area contributed by atoms with Gasteiger partial charge in [0.25, 0.3) is 5.91 Å². The van der Waals surface area contributed by atoms with Crippen molar-refractivity contribution >= 4 is 15.7 Å². The van der Waals surface area contributed by atoms with Gasteiger partial charge in [-0.15, -0.1) is 0 Å². The minimum atomic E-state index is -3.16. The highest BCUT2D eigenvalue weighted by Gasteiger charge is 2.48. The summed E-state index contributed by atoms with van der Waals surface area (Å²) < 4.78 is 24.8. The summed E-state index contributed by atoms with van der Waals surface area (Å²) in [6.07, 6.45) is 3.17. The van der Waals surface area contributed by atoms with Crippen LogP contribution in [0.1, 0.15) is 21.5 Å². The number of pyridine rings is 1. The van der Waals surface area contributed by atoms with Crippen molar-refractivity contribution in [2.45, 2.75) is 25.6 Å². The number of rotatable bonds is 3. The van der Waals surface area contributed by atoms with E-state index in [1.54, 1.807) is 29.4 Å². The molecule has 2 atom stereocenters. The number of fused-ring (bicyclic) bond motifs is 1. The Balaban J connectivity index is 1.60. The highest BCUT2D eigenvalue weighted by molar-refractivity contribution is 7.91. The molecule has 2 fully saturated rings. The van der Waals surface area contributed by atoms with Crippen LogP contribution in [0.2, 0.25) is 0 Å². The third-order valence-corrected chi connectivity index (χ3v) is 7.29. The second kappa shape index (κ2) is 7.05. The van der Waals surface area contributed by atoms with Crippen LogP contribution in [-0.4, -0.2) is 65.8 Å². The van der Waals surface area contributed by atoms with Crippen molar-refractivity contribution in [3.8, 4) is 0 Å². The van der Waals surface area contributed by atoms with Gasteiger partial charge in [-0.3, -0.25) is 14.7 Å². The molecule has 4 rings (SSSR count). The number of aryl methyl sites for hydroxylation is 1. The number of aromatic nitrogens is 1. The highest BCUT2D eigenvalue weighted by atomic mass is 32.2. The number of carbonyl (C=O) groups excluding carboxylic acids is 1. The van der Waals surface area contributed by atoms with Crippen LogP contribution in [0.25, 0.3) is 0 Å². The van der Waals surface area contributed by atoms with Gasteiger partial charge in [0.2, 0.25) is 0 Å². The molecule has 7 heteroatoms. The van der Waals surface area contributed by atoms with Crippen molar-refractivity contribution in [2.24, 2.45) is 0 Å². The van der Waals surface area contributed by atoms with Gasteiger partial charge in [-0.05, 0) is 30.2 Å². The van der Waals surface area contributed by atoms with E-state index in [9.17, 15) is 13.2 Å². The summed E-state index contributed by atoms with van der Waals surface area (Å²) in [5, 5.41) is 0. The monoisotopic (exact) mass is 385 g/mol. The molecule has 0 spiro atoms. The Hall–Kier alpha value is -2.25. The summed E-state index contributed by atoms with van der Waals surface area (Å²) >= 11 is 0. The van der Waals surface area contributed by atoms with E-state index in [1.165, 1.54) is 11.1 Å². The van der Waals surface area contributed by atoms with Crippen LogP contribution in [0.3, 0.4) is 0 Å². The Kier molecular flexibility index (Phi) is 4.74.